The number of halogens is 1. The van der Waals surface area contributed by atoms with Gasteiger partial charge in [-0.25, -0.2) is 4.39 Å². The fourth-order valence-electron chi connectivity index (χ4n) is 1.84. The molecule has 0 amide bonds. The lowest BCUT2D eigenvalue weighted by Crippen LogP contribution is -2.36. The molecule has 0 fully saturated rings. The number of rotatable bonds is 4. The Hall–Kier alpha value is -1.75. The largest absolute Gasteiger partial charge is 0.337 e. The van der Waals surface area contributed by atoms with E-state index in [4.69, 9.17) is 4.52 Å². The molecule has 0 spiro atoms. The molecule has 1 N–H and O–H groups in total. The molecule has 0 saturated heterocycles. The third kappa shape index (κ3) is 2.81. The second kappa shape index (κ2) is 5.09. The highest BCUT2D eigenvalue weighted by atomic mass is 19.1. The van der Waals surface area contributed by atoms with Crippen molar-refractivity contribution >= 4 is 0 Å². The maximum absolute atomic E-state index is 13.5. The van der Waals surface area contributed by atoms with Gasteiger partial charge in [-0.05, 0) is 38.9 Å². The van der Waals surface area contributed by atoms with Crippen molar-refractivity contribution in [1.29, 1.82) is 0 Å². The molecular weight excluding hydrogens is 245 g/mol. The Morgan fingerprint density at radius 1 is 1.37 bits per heavy atom. The van der Waals surface area contributed by atoms with Crippen LogP contribution in [0.4, 0.5) is 4.39 Å². The molecular formula is C14H18FN3O. The normalized spacial score (nSPS) is 11.8. The molecule has 0 atom stereocenters. The molecule has 102 valence electrons. The molecule has 2 rings (SSSR count). The minimum absolute atomic E-state index is 0.269. The quantitative estimate of drug-likeness (QED) is 0.921. The molecule has 0 saturated carbocycles. The van der Waals surface area contributed by atoms with Crippen LogP contribution in [0.3, 0.4) is 0 Å². The van der Waals surface area contributed by atoms with Crippen molar-refractivity contribution < 1.29 is 8.91 Å². The highest BCUT2D eigenvalue weighted by molar-refractivity contribution is 5.55. The van der Waals surface area contributed by atoms with E-state index >= 15 is 0 Å². The summed E-state index contributed by atoms with van der Waals surface area (Å²) in [5.74, 6) is 0.625. The van der Waals surface area contributed by atoms with Crippen molar-refractivity contribution in [1.82, 2.24) is 15.5 Å². The van der Waals surface area contributed by atoms with E-state index in [0.29, 0.717) is 22.8 Å². The Morgan fingerprint density at radius 2 is 2.11 bits per heavy atom. The molecule has 0 bridgehead atoms. The SMILES string of the molecule is CCNC(C)(C)c1nc(-c2ccc(C)c(F)c2)no1. The van der Waals surface area contributed by atoms with Gasteiger partial charge < -0.3 is 9.84 Å². The first-order valence-electron chi connectivity index (χ1n) is 6.30. The van der Waals surface area contributed by atoms with Gasteiger partial charge in [-0.3, -0.25) is 0 Å². The van der Waals surface area contributed by atoms with Crippen LogP contribution in [0.1, 0.15) is 32.2 Å². The van der Waals surface area contributed by atoms with E-state index in [1.807, 2.05) is 20.8 Å². The number of aromatic nitrogens is 2. The summed E-state index contributed by atoms with van der Waals surface area (Å²) in [5.41, 5.74) is 0.814. The van der Waals surface area contributed by atoms with Crippen LogP contribution >= 0.6 is 0 Å². The first-order valence-corrected chi connectivity index (χ1v) is 6.30. The molecule has 19 heavy (non-hydrogen) atoms. The van der Waals surface area contributed by atoms with Crippen LogP contribution in [0.2, 0.25) is 0 Å². The monoisotopic (exact) mass is 263 g/mol. The summed E-state index contributed by atoms with van der Waals surface area (Å²) in [6, 6.07) is 4.91. The van der Waals surface area contributed by atoms with Gasteiger partial charge >= 0.3 is 0 Å². The summed E-state index contributed by atoms with van der Waals surface area (Å²) in [7, 11) is 0. The number of nitrogens with one attached hydrogen (secondary N) is 1. The summed E-state index contributed by atoms with van der Waals surface area (Å²) < 4.78 is 18.8. The van der Waals surface area contributed by atoms with E-state index in [-0.39, 0.29) is 5.82 Å². The molecule has 1 aromatic heterocycles. The van der Waals surface area contributed by atoms with E-state index < -0.39 is 5.54 Å². The maximum atomic E-state index is 13.5. The lowest BCUT2D eigenvalue weighted by molar-refractivity contribution is 0.272. The highest BCUT2D eigenvalue weighted by Gasteiger charge is 2.26. The second-order valence-electron chi connectivity index (χ2n) is 5.04. The Bertz CT molecular complexity index is 578. The number of benzene rings is 1. The molecule has 1 heterocycles. The van der Waals surface area contributed by atoms with Crippen molar-refractivity contribution in [3.05, 3.63) is 35.5 Å². The maximum Gasteiger partial charge on any atom is 0.246 e. The zero-order valence-electron chi connectivity index (χ0n) is 11.6. The van der Waals surface area contributed by atoms with Crippen molar-refractivity contribution in [2.75, 3.05) is 6.54 Å². The third-order valence-electron chi connectivity index (χ3n) is 3.01. The fraction of sp³-hybridized carbons (Fsp3) is 0.429. The van der Waals surface area contributed by atoms with Crippen LogP contribution in [0.25, 0.3) is 11.4 Å². The number of aryl methyl sites for hydroxylation is 1. The van der Waals surface area contributed by atoms with Gasteiger partial charge in [-0.15, -0.1) is 0 Å². The summed E-state index contributed by atoms with van der Waals surface area (Å²) in [6.07, 6.45) is 0. The van der Waals surface area contributed by atoms with E-state index in [0.717, 1.165) is 6.54 Å². The topological polar surface area (TPSA) is 51.0 Å². The van der Waals surface area contributed by atoms with Crippen molar-refractivity contribution in [2.24, 2.45) is 0 Å². The average molecular weight is 263 g/mol. The minimum atomic E-state index is -0.400. The summed E-state index contributed by atoms with van der Waals surface area (Å²) >= 11 is 0. The summed E-state index contributed by atoms with van der Waals surface area (Å²) in [5, 5.41) is 7.17. The number of hydrogen-bond donors (Lipinski definition) is 1. The van der Waals surface area contributed by atoms with Gasteiger partial charge in [0.25, 0.3) is 0 Å². The minimum Gasteiger partial charge on any atom is -0.337 e. The van der Waals surface area contributed by atoms with Gasteiger partial charge in [0, 0.05) is 5.56 Å². The van der Waals surface area contributed by atoms with Crippen LogP contribution in [0.15, 0.2) is 22.7 Å². The molecule has 0 aliphatic carbocycles. The first kappa shape index (κ1) is 13.7. The van der Waals surface area contributed by atoms with E-state index in [1.165, 1.54) is 6.07 Å². The van der Waals surface area contributed by atoms with Gasteiger partial charge in [0.2, 0.25) is 11.7 Å². The fourth-order valence-corrected chi connectivity index (χ4v) is 1.84. The lowest BCUT2D eigenvalue weighted by atomic mass is 10.1. The smallest absolute Gasteiger partial charge is 0.246 e. The van der Waals surface area contributed by atoms with Crippen LogP contribution < -0.4 is 5.32 Å². The Kier molecular flexibility index (Phi) is 3.66. The number of hydrogen-bond acceptors (Lipinski definition) is 4. The molecule has 4 nitrogen and oxygen atoms in total. The van der Waals surface area contributed by atoms with Gasteiger partial charge in [-0.2, -0.15) is 4.98 Å². The Balaban J connectivity index is 2.33. The van der Waals surface area contributed by atoms with E-state index in [1.54, 1.807) is 19.1 Å². The molecule has 5 heteroatoms. The molecule has 0 aliphatic heterocycles. The predicted octanol–water partition coefficient (Wildman–Crippen LogP) is 3.03. The zero-order valence-corrected chi connectivity index (χ0v) is 11.6. The Labute approximate surface area is 112 Å². The highest BCUT2D eigenvalue weighted by Crippen LogP contribution is 2.23. The molecule has 1 aromatic carbocycles. The van der Waals surface area contributed by atoms with Gasteiger partial charge in [0.15, 0.2) is 0 Å². The standard InChI is InChI=1S/C14H18FN3O/c1-5-16-14(3,4)13-17-12(18-19-13)10-7-6-9(2)11(15)8-10/h6-8,16H,5H2,1-4H3. The van der Waals surface area contributed by atoms with Crippen molar-refractivity contribution in [3.63, 3.8) is 0 Å². The molecule has 0 radical (unpaired) electrons. The lowest BCUT2D eigenvalue weighted by Gasteiger charge is -2.20. The third-order valence-corrected chi connectivity index (χ3v) is 3.01. The van der Waals surface area contributed by atoms with Crippen LogP contribution in [0.5, 0.6) is 0 Å². The van der Waals surface area contributed by atoms with Gasteiger partial charge in [-0.1, -0.05) is 24.2 Å². The molecule has 0 aliphatic rings. The zero-order chi connectivity index (χ0) is 14.0. The molecule has 2 aromatic rings. The first-order chi connectivity index (χ1) is 8.94. The van der Waals surface area contributed by atoms with Gasteiger partial charge in [0.05, 0.1) is 5.54 Å². The van der Waals surface area contributed by atoms with Gasteiger partial charge in [0.1, 0.15) is 5.82 Å². The van der Waals surface area contributed by atoms with Crippen LogP contribution in [0, 0.1) is 12.7 Å². The average Bonchev–Trinajstić information content (AvgIpc) is 2.83. The predicted molar refractivity (Wildman–Crippen MR) is 71.1 cm³/mol. The van der Waals surface area contributed by atoms with Crippen molar-refractivity contribution in [2.45, 2.75) is 33.2 Å². The van der Waals surface area contributed by atoms with E-state index in [9.17, 15) is 4.39 Å². The Morgan fingerprint density at radius 3 is 2.74 bits per heavy atom. The molecule has 0 unspecified atom stereocenters. The second-order valence-corrected chi connectivity index (χ2v) is 5.04. The van der Waals surface area contributed by atoms with Crippen LogP contribution in [-0.4, -0.2) is 16.7 Å². The number of nitrogens with zero attached hydrogens (tertiary/aromatic N) is 2. The van der Waals surface area contributed by atoms with E-state index in [2.05, 4.69) is 15.5 Å². The summed E-state index contributed by atoms with van der Waals surface area (Å²) in [4.78, 5) is 4.33. The van der Waals surface area contributed by atoms with Crippen LogP contribution in [-0.2, 0) is 5.54 Å². The van der Waals surface area contributed by atoms with Crippen molar-refractivity contribution in [3.8, 4) is 11.4 Å². The summed E-state index contributed by atoms with van der Waals surface area (Å²) in [6.45, 7) is 8.44.